The first kappa shape index (κ1) is 17.7. The van der Waals surface area contributed by atoms with Crippen molar-refractivity contribution in [2.45, 2.75) is 13.0 Å². The number of anilines is 1. The van der Waals surface area contributed by atoms with Gasteiger partial charge in [-0.05, 0) is 31.2 Å². The summed E-state index contributed by atoms with van der Waals surface area (Å²) >= 11 is 5.58. The normalized spacial score (nSPS) is 11.7. The van der Waals surface area contributed by atoms with Crippen molar-refractivity contribution in [3.63, 3.8) is 0 Å². The average molecular weight is 359 g/mol. The summed E-state index contributed by atoms with van der Waals surface area (Å²) < 4.78 is 44.3. The lowest BCUT2D eigenvalue weighted by atomic mass is 10.2. The van der Waals surface area contributed by atoms with Crippen molar-refractivity contribution in [3.05, 3.63) is 58.6 Å². The molecule has 0 aliphatic carbocycles. The maximum absolute atomic E-state index is 13.5. The van der Waals surface area contributed by atoms with Gasteiger partial charge in [-0.3, -0.25) is 4.79 Å². The second kappa shape index (κ2) is 7.31. The Labute approximate surface area is 139 Å². The van der Waals surface area contributed by atoms with Gasteiger partial charge < -0.3 is 10.1 Å². The fraction of sp³-hybridized carbons (Fsp3) is 0.133. The fourth-order valence-electron chi connectivity index (χ4n) is 1.64. The summed E-state index contributed by atoms with van der Waals surface area (Å²) in [6, 6.07) is 4.21. The molecular formula is C15H10ClF3N2O3. The Morgan fingerprint density at radius 2 is 1.88 bits per heavy atom. The Morgan fingerprint density at radius 3 is 2.50 bits per heavy atom. The molecule has 0 bridgehead atoms. The average Bonchev–Trinajstić information content (AvgIpc) is 2.55. The Morgan fingerprint density at radius 1 is 1.17 bits per heavy atom. The van der Waals surface area contributed by atoms with Gasteiger partial charge >= 0.3 is 5.97 Å². The molecule has 0 fully saturated rings. The lowest BCUT2D eigenvalue weighted by Gasteiger charge is -2.14. The number of aromatic nitrogens is 1. The van der Waals surface area contributed by atoms with Crippen molar-refractivity contribution in [2.75, 3.05) is 5.32 Å². The van der Waals surface area contributed by atoms with Crippen LogP contribution < -0.4 is 5.32 Å². The summed E-state index contributed by atoms with van der Waals surface area (Å²) in [5.41, 5.74) is -0.520. The van der Waals surface area contributed by atoms with E-state index in [0.717, 1.165) is 12.3 Å². The van der Waals surface area contributed by atoms with Gasteiger partial charge in [0, 0.05) is 6.20 Å². The maximum atomic E-state index is 13.5. The zero-order valence-electron chi connectivity index (χ0n) is 12.1. The van der Waals surface area contributed by atoms with Crippen LogP contribution in [0.2, 0.25) is 5.15 Å². The smallest absolute Gasteiger partial charge is 0.340 e. The minimum atomic E-state index is -1.72. The minimum Gasteiger partial charge on any atom is -0.449 e. The SMILES string of the molecule is C[C@@H](OC(=O)c1ccc(Cl)nc1)C(=O)Nc1ccc(F)c(F)c1F. The molecule has 1 atom stereocenters. The van der Waals surface area contributed by atoms with E-state index in [-0.39, 0.29) is 10.7 Å². The van der Waals surface area contributed by atoms with Crippen molar-refractivity contribution < 1.29 is 27.5 Å². The lowest BCUT2D eigenvalue weighted by Crippen LogP contribution is -2.30. The molecule has 0 unspecified atom stereocenters. The molecule has 1 aromatic heterocycles. The molecule has 1 amide bonds. The number of rotatable bonds is 4. The molecule has 1 heterocycles. The molecule has 0 saturated carbocycles. The van der Waals surface area contributed by atoms with Crippen molar-refractivity contribution in [2.24, 2.45) is 0 Å². The van der Waals surface area contributed by atoms with Crippen LogP contribution >= 0.6 is 11.6 Å². The highest BCUT2D eigenvalue weighted by atomic mass is 35.5. The highest BCUT2D eigenvalue weighted by molar-refractivity contribution is 6.29. The van der Waals surface area contributed by atoms with Gasteiger partial charge in [0.05, 0.1) is 11.3 Å². The standard InChI is InChI=1S/C15H10ClF3N2O3/c1-7(24-15(23)8-2-5-11(16)20-6-8)14(22)21-10-4-3-9(17)12(18)13(10)19/h2-7H,1H3,(H,21,22)/t7-/m1/s1. The molecule has 2 aromatic rings. The van der Waals surface area contributed by atoms with E-state index in [4.69, 9.17) is 16.3 Å². The fourth-order valence-corrected chi connectivity index (χ4v) is 1.75. The van der Waals surface area contributed by atoms with E-state index in [0.29, 0.717) is 6.07 Å². The molecule has 0 spiro atoms. The first-order valence-corrected chi connectivity index (χ1v) is 6.94. The van der Waals surface area contributed by atoms with Crippen molar-refractivity contribution >= 4 is 29.2 Å². The van der Waals surface area contributed by atoms with E-state index < -0.39 is 41.1 Å². The van der Waals surface area contributed by atoms with Crippen LogP contribution in [0.3, 0.4) is 0 Å². The molecule has 0 aliphatic rings. The molecule has 0 radical (unpaired) electrons. The van der Waals surface area contributed by atoms with E-state index in [9.17, 15) is 22.8 Å². The Kier molecular flexibility index (Phi) is 5.40. The van der Waals surface area contributed by atoms with E-state index >= 15 is 0 Å². The van der Waals surface area contributed by atoms with Crippen LogP contribution in [0.4, 0.5) is 18.9 Å². The number of nitrogens with zero attached hydrogens (tertiary/aromatic N) is 1. The number of ether oxygens (including phenoxy) is 1. The molecule has 9 heteroatoms. The second-order valence-corrected chi connectivity index (χ2v) is 5.02. The van der Waals surface area contributed by atoms with Crippen LogP contribution in [0, 0.1) is 17.5 Å². The molecule has 24 heavy (non-hydrogen) atoms. The summed E-state index contributed by atoms with van der Waals surface area (Å²) in [4.78, 5) is 27.4. The van der Waals surface area contributed by atoms with Gasteiger partial charge in [-0.2, -0.15) is 0 Å². The topological polar surface area (TPSA) is 68.3 Å². The number of nitrogens with one attached hydrogen (secondary N) is 1. The van der Waals surface area contributed by atoms with Crippen LogP contribution in [0.15, 0.2) is 30.5 Å². The van der Waals surface area contributed by atoms with E-state index in [1.807, 2.05) is 5.32 Å². The van der Waals surface area contributed by atoms with Gasteiger partial charge in [0.2, 0.25) is 0 Å². The summed E-state index contributed by atoms with van der Waals surface area (Å²) in [5.74, 6) is -6.43. The molecular weight excluding hydrogens is 349 g/mol. The van der Waals surface area contributed by atoms with Crippen LogP contribution in [0.5, 0.6) is 0 Å². The third kappa shape index (κ3) is 4.02. The summed E-state index contributed by atoms with van der Waals surface area (Å²) in [6.07, 6.45) is -0.162. The van der Waals surface area contributed by atoms with Gasteiger partial charge in [0.1, 0.15) is 5.15 Å². The second-order valence-electron chi connectivity index (χ2n) is 4.63. The van der Waals surface area contributed by atoms with Crippen molar-refractivity contribution in [1.82, 2.24) is 4.98 Å². The number of carbonyl (C=O) groups excluding carboxylic acids is 2. The van der Waals surface area contributed by atoms with Gasteiger partial charge in [-0.1, -0.05) is 11.6 Å². The molecule has 1 N–H and O–H groups in total. The van der Waals surface area contributed by atoms with E-state index in [1.165, 1.54) is 19.1 Å². The van der Waals surface area contributed by atoms with Crippen LogP contribution in [-0.4, -0.2) is 23.0 Å². The molecule has 1 aromatic carbocycles. The summed E-state index contributed by atoms with van der Waals surface area (Å²) in [7, 11) is 0. The number of benzene rings is 1. The Hall–Kier alpha value is -2.61. The predicted octanol–water partition coefficient (Wildman–Crippen LogP) is 3.34. The molecule has 5 nitrogen and oxygen atoms in total. The molecule has 0 aliphatic heterocycles. The lowest BCUT2D eigenvalue weighted by molar-refractivity contribution is -0.123. The number of esters is 1. The zero-order chi connectivity index (χ0) is 17.9. The molecule has 126 valence electrons. The highest BCUT2D eigenvalue weighted by Crippen LogP contribution is 2.20. The maximum Gasteiger partial charge on any atom is 0.340 e. The first-order valence-electron chi connectivity index (χ1n) is 6.56. The van der Waals surface area contributed by atoms with Crippen LogP contribution in [0.25, 0.3) is 0 Å². The molecule has 0 saturated heterocycles. The number of halogens is 4. The highest BCUT2D eigenvalue weighted by Gasteiger charge is 2.22. The van der Waals surface area contributed by atoms with E-state index in [1.54, 1.807) is 0 Å². The zero-order valence-corrected chi connectivity index (χ0v) is 12.9. The van der Waals surface area contributed by atoms with Gasteiger partial charge in [-0.15, -0.1) is 0 Å². The minimum absolute atomic E-state index is 0.0538. The predicted molar refractivity (Wildman–Crippen MR) is 79.1 cm³/mol. The van der Waals surface area contributed by atoms with Gasteiger partial charge in [0.15, 0.2) is 23.6 Å². The quantitative estimate of drug-likeness (QED) is 0.517. The molecule has 2 rings (SSSR count). The van der Waals surface area contributed by atoms with E-state index in [2.05, 4.69) is 4.98 Å². The Balaban J connectivity index is 2.03. The number of carbonyl (C=O) groups is 2. The third-order valence-corrected chi connectivity index (χ3v) is 3.13. The van der Waals surface area contributed by atoms with Crippen LogP contribution in [-0.2, 0) is 9.53 Å². The third-order valence-electron chi connectivity index (χ3n) is 2.91. The number of hydrogen-bond donors (Lipinski definition) is 1. The van der Waals surface area contributed by atoms with Crippen LogP contribution in [0.1, 0.15) is 17.3 Å². The monoisotopic (exact) mass is 358 g/mol. The largest absolute Gasteiger partial charge is 0.449 e. The summed E-state index contributed by atoms with van der Waals surface area (Å²) in [6.45, 7) is 1.23. The first-order chi connectivity index (χ1) is 11.3. The summed E-state index contributed by atoms with van der Waals surface area (Å²) in [5, 5.41) is 2.18. The van der Waals surface area contributed by atoms with Gasteiger partial charge in [-0.25, -0.2) is 22.9 Å². The van der Waals surface area contributed by atoms with Crippen molar-refractivity contribution in [3.8, 4) is 0 Å². The number of pyridine rings is 1. The number of amides is 1. The van der Waals surface area contributed by atoms with Gasteiger partial charge in [0.25, 0.3) is 5.91 Å². The Bertz CT molecular complexity index is 784. The number of hydrogen-bond acceptors (Lipinski definition) is 4. The van der Waals surface area contributed by atoms with Crippen molar-refractivity contribution in [1.29, 1.82) is 0 Å².